The summed E-state index contributed by atoms with van der Waals surface area (Å²) in [5.74, 6) is -0.426. The summed E-state index contributed by atoms with van der Waals surface area (Å²) >= 11 is 0. The second kappa shape index (κ2) is 6.87. The molecule has 5 nitrogen and oxygen atoms in total. The Balaban J connectivity index is 2.20. The Morgan fingerprint density at radius 2 is 2.05 bits per heavy atom. The van der Waals surface area contributed by atoms with Crippen molar-refractivity contribution in [2.45, 2.75) is 33.8 Å². The van der Waals surface area contributed by atoms with Crippen LogP contribution in [0, 0.1) is 5.41 Å². The zero-order valence-electron chi connectivity index (χ0n) is 11.6. The Morgan fingerprint density at radius 3 is 2.63 bits per heavy atom. The van der Waals surface area contributed by atoms with Gasteiger partial charge in [0.25, 0.3) is 0 Å². The summed E-state index contributed by atoms with van der Waals surface area (Å²) in [6, 6.07) is 5.42. The molecule has 0 aliphatic rings. The summed E-state index contributed by atoms with van der Waals surface area (Å²) in [6.07, 6.45) is 1.81. The topological polar surface area (TPSA) is 68.3 Å². The van der Waals surface area contributed by atoms with Crippen LogP contribution >= 0.6 is 0 Å². The first kappa shape index (κ1) is 15.1. The van der Waals surface area contributed by atoms with Crippen LogP contribution in [0.25, 0.3) is 0 Å². The summed E-state index contributed by atoms with van der Waals surface area (Å²) in [7, 11) is 0. The predicted molar refractivity (Wildman–Crippen MR) is 71.1 cm³/mol. The van der Waals surface area contributed by atoms with Crippen molar-refractivity contribution >= 4 is 11.9 Å². The molecule has 0 radical (unpaired) electrons. The van der Waals surface area contributed by atoms with Gasteiger partial charge in [0.2, 0.25) is 5.91 Å². The monoisotopic (exact) mass is 264 g/mol. The minimum Gasteiger partial charge on any atom is -0.459 e. The SMILES string of the molecule is CC(C)(C)C(=O)NCCC(=O)OCc1ccccn1. The second-order valence-electron chi connectivity index (χ2n) is 5.24. The largest absolute Gasteiger partial charge is 0.459 e. The van der Waals surface area contributed by atoms with Gasteiger partial charge in [-0.25, -0.2) is 0 Å². The van der Waals surface area contributed by atoms with Crippen LogP contribution in [-0.2, 0) is 20.9 Å². The van der Waals surface area contributed by atoms with Crippen LogP contribution in [0.1, 0.15) is 32.9 Å². The third kappa shape index (κ3) is 5.99. The molecule has 5 heteroatoms. The lowest BCUT2D eigenvalue weighted by atomic mass is 9.96. The second-order valence-corrected chi connectivity index (χ2v) is 5.24. The first-order valence-corrected chi connectivity index (χ1v) is 6.23. The van der Waals surface area contributed by atoms with E-state index in [2.05, 4.69) is 10.3 Å². The van der Waals surface area contributed by atoms with E-state index in [0.29, 0.717) is 5.69 Å². The van der Waals surface area contributed by atoms with Gasteiger partial charge in [-0.15, -0.1) is 0 Å². The molecule has 0 saturated heterocycles. The highest BCUT2D eigenvalue weighted by molar-refractivity contribution is 5.81. The fourth-order valence-electron chi connectivity index (χ4n) is 1.25. The van der Waals surface area contributed by atoms with E-state index >= 15 is 0 Å². The lowest BCUT2D eigenvalue weighted by Crippen LogP contribution is -2.36. The number of nitrogens with one attached hydrogen (secondary N) is 1. The van der Waals surface area contributed by atoms with E-state index in [1.54, 1.807) is 18.3 Å². The van der Waals surface area contributed by atoms with Crippen molar-refractivity contribution < 1.29 is 14.3 Å². The molecule has 0 atom stereocenters. The van der Waals surface area contributed by atoms with Gasteiger partial charge in [-0.2, -0.15) is 0 Å². The van der Waals surface area contributed by atoms with Crippen LogP contribution in [0.4, 0.5) is 0 Å². The third-order valence-corrected chi connectivity index (χ3v) is 2.40. The molecular formula is C14H20N2O3. The first-order valence-electron chi connectivity index (χ1n) is 6.23. The molecule has 0 aromatic carbocycles. The van der Waals surface area contributed by atoms with Gasteiger partial charge in [0.15, 0.2) is 0 Å². The maximum atomic E-state index is 11.6. The van der Waals surface area contributed by atoms with Crippen molar-refractivity contribution in [2.24, 2.45) is 5.41 Å². The molecule has 1 amide bonds. The van der Waals surface area contributed by atoms with Crippen LogP contribution in [0.3, 0.4) is 0 Å². The highest BCUT2D eigenvalue weighted by atomic mass is 16.5. The molecule has 1 N–H and O–H groups in total. The van der Waals surface area contributed by atoms with Crippen LogP contribution < -0.4 is 5.32 Å². The zero-order valence-corrected chi connectivity index (χ0v) is 11.6. The van der Waals surface area contributed by atoms with Gasteiger partial charge < -0.3 is 10.1 Å². The normalized spacial score (nSPS) is 10.9. The number of carbonyl (C=O) groups is 2. The van der Waals surface area contributed by atoms with E-state index in [1.165, 1.54) is 0 Å². The van der Waals surface area contributed by atoms with Gasteiger partial charge in [0.1, 0.15) is 6.61 Å². The van der Waals surface area contributed by atoms with Crippen molar-refractivity contribution in [3.63, 3.8) is 0 Å². The Labute approximate surface area is 113 Å². The number of pyridine rings is 1. The van der Waals surface area contributed by atoms with Crippen LogP contribution in [0.2, 0.25) is 0 Å². The predicted octanol–water partition coefficient (Wildman–Crippen LogP) is 1.68. The maximum Gasteiger partial charge on any atom is 0.307 e. The molecule has 0 aliphatic heterocycles. The maximum absolute atomic E-state index is 11.6. The lowest BCUT2D eigenvalue weighted by Gasteiger charge is -2.17. The molecule has 1 rings (SSSR count). The molecule has 0 spiro atoms. The molecule has 104 valence electrons. The van der Waals surface area contributed by atoms with E-state index in [-0.39, 0.29) is 31.4 Å². The van der Waals surface area contributed by atoms with E-state index in [0.717, 1.165) is 0 Å². The standard InChI is InChI=1S/C14H20N2O3/c1-14(2,3)13(18)16-9-7-12(17)19-10-11-6-4-5-8-15-11/h4-6,8H,7,9-10H2,1-3H3,(H,16,18). The summed E-state index contributed by atoms with van der Waals surface area (Å²) in [5.41, 5.74) is 0.257. The van der Waals surface area contributed by atoms with Gasteiger partial charge in [-0.3, -0.25) is 14.6 Å². The molecule has 0 fully saturated rings. The summed E-state index contributed by atoms with van der Waals surface area (Å²) < 4.78 is 5.04. The van der Waals surface area contributed by atoms with Crippen molar-refractivity contribution in [1.82, 2.24) is 10.3 Å². The fraction of sp³-hybridized carbons (Fsp3) is 0.500. The average molecular weight is 264 g/mol. The Kier molecular flexibility index (Phi) is 5.48. The smallest absolute Gasteiger partial charge is 0.307 e. The van der Waals surface area contributed by atoms with Crippen LogP contribution in [-0.4, -0.2) is 23.4 Å². The molecule has 1 aromatic heterocycles. The van der Waals surface area contributed by atoms with E-state index in [4.69, 9.17) is 4.74 Å². The molecule has 19 heavy (non-hydrogen) atoms. The van der Waals surface area contributed by atoms with E-state index in [9.17, 15) is 9.59 Å². The van der Waals surface area contributed by atoms with Crippen molar-refractivity contribution in [3.05, 3.63) is 30.1 Å². The fourth-order valence-corrected chi connectivity index (χ4v) is 1.25. The number of ether oxygens (including phenoxy) is 1. The van der Waals surface area contributed by atoms with E-state index in [1.807, 2.05) is 26.8 Å². The number of amides is 1. The molecule has 0 aliphatic carbocycles. The van der Waals surface area contributed by atoms with Crippen molar-refractivity contribution in [3.8, 4) is 0 Å². The quantitative estimate of drug-likeness (QED) is 0.821. The highest BCUT2D eigenvalue weighted by Crippen LogP contribution is 2.12. The molecule has 0 saturated carbocycles. The Hall–Kier alpha value is -1.91. The van der Waals surface area contributed by atoms with Crippen LogP contribution in [0.5, 0.6) is 0 Å². The zero-order chi connectivity index (χ0) is 14.3. The summed E-state index contributed by atoms with van der Waals surface area (Å²) in [5, 5.41) is 2.70. The number of rotatable bonds is 5. The van der Waals surface area contributed by atoms with E-state index < -0.39 is 5.41 Å². The molecule has 1 aromatic rings. The van der Waals surface area contributed by atoms with Crippen LogP contribution in [0.15, 0.2) is 24.4 Å². The summed E-state index contributed by atoms with van der Waals surface area (Å²) in [6.45, 7) is 5.91. The van der Waals surface area contributed by atoms with Gasteiger partial charge in [-0.05, 0) is 12.1 Å². The average Bonchev–Trinajstić information content (AvgIpc) is 2.36. The van der Waals surface area contributed by atoms with Gasteiger partial charge >= 0.3 is 5.97 Å². The number of aromatic nitrogens is 1. The van der Waals surface area contributed by atoms with Gasteiger partial charge in [0.05, 0.1) is 12.1 Å². The number of esters is 1. The molecule has 1 heterocycles. The number of hydrogen-bond acceptors (Lipinski definition) is 4. The highest BCUT2D eigenvalue weighted by Gasteiger charge is 2.20. The lowest BCUT2D eigenvalue weighted by molar-refractivity contribution is -0.145. The van der Waals surface area contributed by atoms with Crippen molar-refractivity contribution in [2.75, 3.05) is 6.54 Å². The molecule has 0 bridgehead atoms. The molecule has 0 unspecified atom stereocenters. The molecular weight excluding hydrogens is 244 g/mol. The minimum absolute atomic E-state index is 0.0787. The van der Waals surface area contributed by atoms with Gasteiger partial charge in [-0.1, -0.05) is 26.8 Å². The Bertz CT molecular complexity index is 424. The first-order chi connectivity index (χ1) is 8.89. The van der Waals surface area contributed by atoms with Crippen molar-refractivity contribution in [1.29, 1.82) is 0 Å². The minimum atomic E-state index is -0.447. The number of carbonyl (C=O) groups excluding carboxylic acids is 2. The third-order valence-electron chi connectivity index (χ3n) is 2.40. The summed E-state index contributed by atoms with van der Waals surface area (Å²) in [4.78, 5) is 27.0. The number of nitrogens with zero attached hydrogens (tertiary/aromatic N) is 1. The van der Waals surface area contributed by atoms with Gasteiger partial charge in [0, 0.05) is 18.2 Å². The Morgan fingerprint density at radius 1 is 1.32 bits per heavy atom. The number of hydrogen-bond donors (Lipinski definition) is 1.